The molecule has 63 heavy (non-hydrogen) atoms. The number of carbonyl (C=O) groups excluding carboxylic acids is 1. The number of aryl methyl sites for hydroxylation is 2. The molecule has 1 aliphatic carbocycles. The molecular formula is C44H35Cs2N11O5S. The second kappa shape index (κ2) is 20.5. The molecule has 304 valence electrons. The third-order valence-corrected chi connectivity index (χ3v) is 12.0. The predicted octanol–water partition coefficient (Wildman–Crippen LogP) is 0.119. The van der Waals surface area contributed by atoms with Gasteiger partial charge in [-0.05, 0) is 59.5 Å². The molecule has 0 saturated heterocycles. The number of fused-ring (bicyclic) bond motifs is 4. The summed E-state index contributed by atoms with van der Waals surface area (Å²) in [6.07, 6.45) is 27.1. The number of hydrogen-bond acceptors (Lipinski definition) is 11. The Morgan fingerprint density at radius 1 is 0.698 bits per heavy atom. The Hall–Kier alpha value is -3.92. The minimum absolute atomic E-state index is 0. The summed E-state index contributed by atoms with van der Waals surface area (Å²) in [4.78, 5) is 35.5. The third-order valence-electron chi connectivity index (χ3n) is 10.4. The zero-order valence-electron chi connectivity index (χ0n) is 35.5. The van der Waals surface area contributed by atoms with Gasteiger partial charge in [0, 0.05) is 131 Å². The number of nitrogens with one attached hydrogen (secondary N) is 2. The fraction of sp³-hybridized carbons (Fsp3) is 0.0682. The van der Waals surface area contributed by atoms with Crippen LogP contribution in [0.5, 0.6) is 0 Å². The van der Waals surface area contributed by atoms with Crippen LogP contribution in [0.1, 0.15) is 18.1 Å². The monoisotopic (exact) mass is 1100 g/mol. The van der Waals surface area contributed by atoms with Gasteiger partial charge in [-0.15, -0.1) is 0 Å². The quantitative estimate of drug-likeness (QED) is 0.125. The van der Waals surface area contributed by atoms with E-state index in [0.29, 0.717) is 5.52 Å². The van der Waals surface area contributed by atoms with Gasteiger partial charge in [0.2, 0.25) is 0 Å². The van der Waals surface area contributed by atoms with Crippen LogP contribution in [0.2, 0.25) is 0 Å². The number of rotatable bonds is 7. The molecule has 0 bridgehead atoms. The molecule has 16 nitrogen and oxygen atoms in total. The Kier molecular flexibility index (Phi) is 15.3. The van der Waals surface area contributed by atoms with E-state index in [2.05, 4.69) is 63.2 Å². The number of aromatic amines is 2. The van der Waals surface area contributed by atoms with Crippen LogP contribution in [-0.2, 0) is 40.2 Å². The predicted molar refractivity (Wildman–Crippen MR) is 228 cm³/mol. The van der Waals surface area contributed by atoms with E-state index in [1.807, 2.05) is 75.8 Å². The largest absolute Gasteiger partial charge is 1.00 e. The van der Waals surface area contributed by atoms with Gasteiger partial charge in [0.25, 0.3) is 16.5 Å². The van der Waals surface area contributed by atoms with Crippen molar-refractivity contribution in [2.75, 3.05) is 0 Å². The van der Waals surface area contributed by atoms with Crippen molar-refractivity contribution in [3.8, 4) is 33.4 Å². The van der Waals surface area contributed by atoms with E-state index in [4.69, 9.17) is 10.1 Å². The molecule has 0 unspecified atom stereocenters. The summed E-state index contributed by atoms with van der Waals surface area (Å²) in [5.41, 5.74) is 12.8. The van der Waals surface area contributed by atoms with Crippen LogP contribution in [0.15, 0.2) is 146 Å². The standard InChI is InChI=1S/C24H18N6O2S.C19H15N5.CH2O3.2Cs.H/c1-29-14-17(11-28-29)16-9-20-21(12-27-24(20)26-10-16)22-15-30(23-13-25-8-7-19(22)23)33(31,32)18-5-3-2-4-6-18;1-24-11-14(9-23-24)13-6-17-18(10-22-19(17)21-8-13)16-3-2-12-7-20-5-4-15(12)16;2-1-4-3;;;/h2-15H,1H3,(H,26,27);3-11H,2H2,1H3,(H,21,22);1,3H;;;/q;;;2*+1;-1/p-1. The summed E-state index contributed by atoms with van der Waals surface area (Å²) in [6, 6.07) is 16.5. The molecule has 0 atom stereocenters. The topological polar surface area (TPSA) is 207 Å². The number of allylic oxidation sites excluding steroid dienone is 1. The summed E-state index contributed by atoms with van der Waals surface area (Å²) >= 11 is 0. The molecule has 2 N–H and O–H groups in total. The van der Waals surface area contributed by atoms with Gasteiger partial charge < -0.3 is 21.5 Å². The molecule has 0 amide bonds. The van der Waals surface area contributed by atoms with E-state index in [9.17, 15) is 8.42 Å². The molecule has 10 aromatic rings. The zero-order valence-corrected chi connectivity index (χ0v) is 47.9. The molecule has 9 heterocycles. The van der Waals surface area contributed by atoms with Crippen molar-refractivity contribution in [3.63, 3.8) is 0 Å². The van der Waals surface area contributed by atoms with E-state index in [-0.39, 0.29) is 151 Å². The minimum atomic E-state index is -3.80. The molecular weight excluding hydrogens is 1060 g/mol. The summed E-state index contributed by atoms with van der Waals surface area (Å²) in [5.74, 6) is 0. The molecule has 19 heteroatoms. The fourth-order valence-electron chi connectivity index (χ4n) is 7.50. The fourth-order valence-corrected chi connectivity index (χ4v) is 8.88. The summed E-state index contributed by atoms with van der Waals surface area (Å²) in [5, 5.41) is 19.7. The summed E-state index contributed by atoms with van der Waals surface area (Å²) in [6.45, 7) is -0.181. The Morgan fingerprint density at radius 2 is 1.29 bits per heavy atom. The van der Waals surface area contributed by atoms with Gasteiger partial charge in [-0.3, -0.25) is 24.1 Å². The molecule has 0 fully saturated rings. The number of pyridine rings is 4. The first-order valence-corrected chi connectivity index (χ1v) is 20.2. The Balaban J connectivity index is 0.000000195. The summed E-state index contributed by atoms with van der Waals surface area (Å²) in [7, 11) is -0.00725. The number of carbonyl (C=O) groups is 1. The number of hydrogen-bond donors (Lipinski definition) is 2. The SMILES string of the molecule is Cn1cc(-c2cnc3[nH]cc(-c4cn(S(=O)(=O)c5ccccc5)c5cnccc45)c3c2)cn1.Cn1cc(-c2cnc3[nH]cc(C4=CCc5cnccc54)c3c2)cn1.O=CO[O-].[Cs+].[Cs+].[H-]. The van der Waals surface area contributed by atoms with Crippen LogP contribution in [0.4, 0.5) is 0 Å². The van der Waals surface area contributed by atoms with Gasteiger partial charge in [0.15, 0.2) is 0 Å². The van der Waals surface area contributed by atoms with E-state index >= 15 is 0 Å². The van der Waals surface area contributed by atoms with Crippen LogP contribution in [0.25, 0.3) is 71.9 Å². The van der Waals surface area contributed by atoms with E-state index in [1.165, 1.54) is 26.2 Å². The first kappa shape index (κ1) is 47.1. The number of nitrogens with zero attached hydrogens (tertiary/aromatic N) is 9. The summed E-state index contributed by atoms with van der Waals surface area (Å²) < 4.78 is 31.7. The van der Waals surface area contributed by atoms with Gasteiger partial charge in [-0.1, -0.05) is 24.3 Å². The van der Waals surface area contributed by atoms with Crippen molar-refractivity contribution in [2.24, 2.45) is 14.1 Å². The third kappa shape index (κ3) is 9.58. The number of aromatic nitrogens is 11. The smallest absolute Gasteiger partial charge is 1.00 e. The first-order valence-electron chi connectivity index (χ1n) is 18.8. The maximum atomic E-state index is 13.4. The minimum Gasteiger partial charge on any atom is -1.00 e. The molecule has 1 aromatic carbocycles. The van der Waals surface area contributed by atoms with Gasteiger partial charge >= 0.3 is 138 Å². The van der Waals surface area contributed by atoms with Gasteiger partial charge in [0.05, 0.1) is 29.0 Å². The first-order chi connectivity index (χ1) is 29.7. The van der Waals surface area contributed by atoms with Crippen molar-refractivity contribution in [3.05, 3.63) is 158 Å². The average Bonchev–Trinajstić information content (AvgIpc) is 4.17. The van der Waals surface area contributed by atoms with Crippen LogP contribution in [-0.4, -0.2) is 68.3 Å². The van der Waals surface area contributed by atoms with Crippen molar-refractivity contribution >= 4 is 55.0 Å². The Bertz CT molecular complexity index is 3380. The number of benzene rings is 1. The Morgan fingerprint density at radius 3 is 1.89 bits per heavy atom. The molecule has 1 aliphatic rings. The van der Waals surface area contributed by atoms with E-state index in [0.717, 1.165) is 67.3 Å². The maximum Gasteiger partial charge on any atom is 1.00 e. The molecule has 0 saturated carbocycles. The maximum absolute atomic E-state index is 13.4. The second-order valence-electron chi connectivity index (χ2n) is 14.0. The van der Waals surface area contributed by atoms with E-state index < -0.39 is 10.0 Å². The van der Waals surface area contributed by atoms with Crippen molar-refractivity contribution in [1.29, 1.82) is 0 Å². The van der Waals surface area contributed by atoms with Crippen LogP contribution < -0.4 is 143 Å². The molecule has 0 aliphatic heterocycles. The Labute approximate surface area is 479 Å². The van der Waals surface area contributed by atoms with Gasteiger partial charge in [-0.25, -0.2) is 22.4 Å². The normalized spacial score (nSPS) is 11.7. The molecule has 9 aromatic heterocycles. The van der Waals surface area contributed by atoms with Crippen LogP contribution in [0, 0.1) is 0 Å². The zero-order chi connectivity index (χ0) is 42.1. The number of H-pyrrole nitrogens is 2. The van der Waals surface area contributed by atoms with E-state index in [1.54, 1.807) is 70.7 Å². The molecule has 0 radical (unpaired) electrons. The molecule has 11 rings (SSSR count). The molecule has 0 spiro atoms. The van der Waals surface area contributed by atoms with Gasteiger partial charge in [0.1, 0.15) is 11.3 Å². The van der Waals surface area contributed by atoms with Gasteiger partial charge in [-0.2, -0.15) is 10.2 Å². The second-order valence-corrected chi connectivity index (χ2v) is 15.9. The van der Waals surface area contributed by atoms with Crippen LogP contribution in [0.3, 0.4) is 0 Å². The van der Waals surface area contributed by atoms with Crippen molar-refractivity contribution < 1.29 is 163 Å². The van der Waals surface area contributed by atoms with Crippen molar-refractivity contribution in [1.82, 2.24) is 53.4 Å². The van der Waals surface area contributed by atoms with Crippen molar-refractivity contribution in [2.45, 2.75) is 11.3 Å². The van der Waals surface area contributed by atoms with Crippen LogP contribution >= 0.6 is 0 Å². The average molecular weight is 1100 g/mol.